The molecule has 3 aliphatic rings. The number of nitrogens with one attached hydrogen (secondary N) is 1. The first-order valence-electron chi connectivity index (χ1n) is 13.8. The minimum absolute atomic E-state index is 0.126. The largest absolute Gasteiger partial charge is 0.470 e. The molecule has 1 amide bonds. The summed E-state index contributed by atoms with van der Waals surface area (Å²) < 4.78 is 25.0. The second kappa shape index (κ2) is 9.80. The number of nitrogens with zero attached hydrogens (tertiary/aromatic N) is 7. The maximum absolute atomic E-state index is 13.3. The Labute approximate surface area is 241 Å². The van der Waals surface area contributed by atoms with Crippen LogP contribution in [-0.4, -0.2) is 62.7 Å². The fraction of sp³-hybridized carbons (Fsp3) is 0.483. The van der Waals surface area contributed by atoms with E-state index in [0.29, 0.717) is 64.6 Å². The molecule has 13 heteroatoms. The molecule has 6 rings (SSSR count). The highest BCUT2D eigenvalue weighted by atomic mass is 19.1. The van der Waals surface area contributed by atoms with Crippen LogP contribution >= 0.6 is 0 Å². The number of ether oxygens (including phenoxy) is 2. The van der Waals surface area contributed by atoms with Gasteiger partial charge >= 0.3 is 5.97 Å². The number of aromatic nitrogens is 3. The average molecular weight is 575 g/mol. The van der Waals surface area contributed by atoms with Crippen LogP contribution in [-0.2, 0) is 15.1 Å². The quantitative estimate of drug-likeness (QED) is 0.172. The molecule has 3 aromatic heterocycles. The number of carbonyl (C=O) groups is 2. The van der Waals surface area contributed by atoms with E-state index in [2.05, 4.69) is 25.3 Å². The molecule has 0 bridgehead atoms. The Balaban J connectivity index is 1.30. The number of likely N-dealkylation sites (tertiary alicyclic amines) is 1. The van der Waals surface area contributed by atoms with Crippen LogP contribution in [0.5, 0.6) is 5.88 Å². The predicted octanol–water partition coefficient (Wildman–Crippen LogP) is 5.31. The van der Waals surface area contributed by atoms with Crippen LogP contribution in [0.4, 0.5) is 16.0 Å². The molecular formula is C29H31FN8O4. The number of alkyl halides is 1. The lowest BCUT2D eigenvalue weighted by Crippen LogP contribution is -2.56. The molecule has 2 aliphatic heterocycles. The highest BCUT2D eigenvalue weighted by Gasteiger charge is 2.48. The van der Waals surface area contributed by atoms with Gasteiger partial charge in [0.2, 0.25) is 11.8 Å². The van der Waals surface area contributed by atoms with Crippen molar-refractivity contribution < 1.29 is 23.5 Å². The van der Waals surface area contributed by atoms with E-state index in [1.807, 2.05) is 26.8 Å². The summed E-state index contributed by atoms with van der Waals surface area (Å²) in [5.74, 6) is 0.0895. The Hall–Kier alpha value is -4.51. The van der Waals surface area contributed by atoms with E-state index >= 15 is 0 Å². The summed E-state index contributed by atoms with van der Waals surface area (Å²) in [4.78, 5) is 43.2. The first kappa shape index (κ1) is 27.6. The zero-order valence-corrected chi connectivity index (χ0v) is 24.0. The topological polar surface area (TPSA) is 155 Å². The zero-order chi connectivity index (χ0) is 30.0. The van der Waals surface area contributed by atoms with E-state index in [4.69, 9.17) is 14.5 Å². The molecule has 1 saturated carbocycles. The molecular weight excluding hydrogens is 543 g/mol. The first-order valence-corrected chi connectivity index (χ1v) is 13.8. The molecule has 1 aliphatic carbocycles. The van der Waals surface area contributed by atoms with E-state index in [1.54, 1.807) is 43.3 Å². The number of rotatable bonds is 7. The van der Waals surface area contributed by atoms with Crippen LogP contribution in [0.2, 0.25) is 0 Å². The predicted molar refractivity (Wildman–Crippen MR) is 151 cm³/mol. The summed E-state index contributed by atoms with van der Waals surface area (Å²) in [5, 5.41) is 8.51. The minimum Gasteiger partial charge on any atom is -0.470 e. The Morgan fingerprint density at radius 2 is 1.98 bits per heavy atom. The maximum Gasteiger partial charge on any atom is 0.340 e. The van der Waals surface area contributed by atoms with Gasteiger partial charge in [0.25, 0.3) is 0 Å². The van der Waals surface area contributed by atoms with Crippen molar-refractivity contribution in [3.05, 3.63) is 57.9 Å². The molecule has 0 unspecified atom stereocenters. The number of pyridine rings is 3. The van der Waals surface area contributed by atoms with Gasteiger partial charge in [0.05, 0.1) is 41.2 Å². The molecule has 0 spiro atoms. The lowest BCUT2D eigenvalue weighted by Gasteiger charge is -2.39. The van der Waals surface area contributed by atoms with Gasteiger partial charge in [-0.1, -0.05) is 25.9 Å². The van der Waals surface area contributed by atoms with E-state index < -0.39 is 29.2 Å². The van der Waals surface area contributed by atoms with Gasteiger partial charge in [-0.3, -0.25) is 4.79 Å². The second-order valence-corrected chi connectivity index (χ2v) is 12.2. The van der Waals surface area contributed by atoms with E-state index in [0.717, 1.165) is 0 Å². The number of carbonyl (C=O) groups excluding carboxylic acids is 2. The Bertz CT molecular complexity index is 1660. The number of hydrogen-bond donors (Lipinski definition) is 1. The Morgan fingerprint density at radius 3 is 2.67 bits per heavy atom. The molecule has 42 heavy (non-hydrogen) atoms. The summed E-state index contributed by atoms with van der Waals surface area (Å²) >= 11 is 0. The van der Waals surface area contributed by atoms with Gasteiger partial charge in [-0.2, -0.15) is 0 Å². The third-order valence-corrected chi connectivity index (χ3v) is 8.37. The molecule has 1 N–H and O–H groups in total. The number of fused-ring (bicyclic) bond motifs is 2. The van der Waals surface area contributed by atoms with Crippen LogP contribution in [0.1, 0.15) is 68.6 Å². The van der Waals surface area contributed by atoms with Crippen LogP contribution < -0.4 is 10.1 Å². The van der Waals surface area contributed by atoms with Gasteiger partial charge in [0, 0.05) is 23.2 Å². The Kier molecular flexibility index (Phi) is 6.45. The van der Waals surface area contributed by atoms with Crippen molar-refractivity contribution in [1.29, 1.82) is 0 Å². The van der Waals surface area contributed by atoms with Crippen molar-refractivity contribution in [3.63, 3.8) is 0 Å². The van der Waals surface area contributed by atoms with Crippen LogP contribution in [0.25, 0.3) is 21.2 Å². The molecule has 0 radical (unpaired) electrons. The summed E-state index contributed by atoms with van der Waals surface area (Å²) in [6.07, 6.45) is 2.21. The molecule has 218 valence electrons. The van der Waals surface area contributed by atoms with Crippen molar-refractivity contribution in [1.82, 2.24) is 19.9 Å². The lowest BCUT2D eigenvalue weighted by molar-refractivity contribution is -0.141. The van der Waals surface area contributed by atoms with Crippen LogP contribution in [0.3, 0.4) is 0 Å². The highest BCUT2D eigenvalue weighted by molar-refractivity contribution is 5.93. The highest BCUT2D eigenvalue weighted by Crippen LogP contribution is 2.40. The minimum atomic E-state index is -1.04. The molecule has 3 atom stereocenters. The van der Waals surface area contributed by atoms with Crippen molar-refractivity contribution in [2.45, 2.75) is 70.4 Å². The molecule has 12 nitrogen and oxygen atoms in total. The third kappa shape index (κ3) is 4.83. The van der Waals surface area contributed by atoms with E-state index in [9.17, 15) is 19.5 Å². The summed E-state index contributed by atoms with van der Waals surface area (Å²) in [6.45, 7) is 9.98. The number of hydrogen-bond acceptors (Lipinski definition) is 9. The number of anilines is 2. The maximum atomic E-state index is 13.3. The van der Waals surface area contributed by atoms with Gasteiger partial charge in [0.1, 0.15) is 29.5 Å². The second-order valence-electron chi connectivity index (χ2n) is 12.2. The van der Waals surface area contributed by atoms with Gasteiger partial charge in [-0.15, -0.1) is 0 Å². The average Bonchev–Trinajstić information content (AvgIpc) is 3.64. The molecule has 2 fully saturated rings. The Morgan fingerprint density at radius 1 is 1.24 bits per heavy atom. The number of azide groups is 1. The van der Waals surface area contributed by atoms with Gasteiger partial charge in [0.15, 0.2) is 0 Å². The SMILES string of the molecule is C[C@@H]1c2nc(Nc3cc4c(C(C)(C)N=[N+]=[N-])cnc(OC5CN(C(=O)[C@H]6C[C@H]6F)C5)c4cn3)ccc2C(=O)OC1(C)C. The van der Waals surface area contributed by atoms with Gasteiger partial charge in [-0.05, 0) is 54.9 Å². The number of cyclic esters (lactones) is 1. The van der Waals surface area contributed by atoms with E-state index in [-0.39, 0.29) is 17.9 Å². The molecule has 5 heterocycles. The fourth-order valence-corrected chi connectivity index (χ4v) is 5.32. The smallest absolute Gasteiger partial charge is 0.340 e. The summed E-state index contributed by atoms with van der Waals surface area (Å²) in [6, 6.07) is 5.19. The van der Waals surface area contributed by atoms with Crippen molar-refractivity contribution in [3.8, 4) is 5.88 Å². The molecule has 1 saturated heterocycles. The standard InChI is InChI=1S/C29H31FN8O4/c1-14-24-16(27(40)42-29(14,4)5)6-7-22(35-24)34-23-9-17-19(10-32-23)25(33-11-20(17)28(2,3)36-37-31)41-15-12-38(13-15)26(39)18-8-21(18)30/h6-7,9-11,14-15,18,21H,8,12-13H2,1-5H3,(H,32,34,35)/t14-,18+,21-/m1/s1. The van der Waals surface area contributed by atoms with Crippen molar-refractivity contribution in [2.24, 2.45) is 11.0 Å². The van der Waals surface area contributed by atoms with Crippen molar-refractivity contribution >= 4 is 34.3 Å². The van der Waals surface area contributed by atoms with Gasteiger partial charge in [-0.25, -0.2) is 24.1 Å². The lowest BCUT2D eigenvalue weighted by atomic mass is 9.84. The third-order valence-electron chi connectivity index (χ3n) is 8.37. The van der Waals surface area contributed by atoms with E-state index in [1.165, 1.54) is 0 Å². The monoisotopic (exact) mass is 574 g/mol. The summed E-state index contributed by atoms with van der Waals surface area (Å²) in [7, 11) is 0. The number of halogens is 1. The number of esters is 1. The van der Waals surface area contributed by atoms with Gasteiger partial charge < -0.3 is 19.7 Å². The molecule has 0 aromatic carbocycles. The number of amides is 1. The first-order chi connectivity index (χ1) is 19.9. The van der Waals surface area contributed by atoms with Crippen molar-refractivity contribution in [2.75, 3.05) is 18.4 Å². The normalized spacial score (nSPS) is 22.9. The summed E-state index contributed by atoms with van der Waals surface area (Å²) in [5.41, 5.74) is 9.30. The molecule has 3 aromatic rings. The van der Waals surface area contributed by atoms with Crippen LogP contribution in [0, 0.1) is 5.92 Å². The van der Waals surface area contributed by atoms with Crippen LogP contribution in [0.15, 0.2) is 35.7 Å². The zero-order valence-electron chi connectivity index (χ0n) is 24.0. The fourth-order valence-electron chi connectivity index (χ4n) is 5.32.